The zero-order chi connectivity index (χ0) is 22.0. The van der Waals surface area contributed by atoms with E-state index in [-0.39, 0.29) is 17.5 Å². The Morgan fingerprint density at radius 1 is 1.10 bits per heavy atom. The fourth-order valence-corrected chi connectivity index (χ4v) is 4.81. The van der Waals surface area contributed by atoms with Gasteiger partial charge in [-0.15, -0.1) is 0 Å². The topological polar surface area (TPSA) is 106 Å². The van der Waals surface area contributed by atoms with Crippen LogP contribution >= 0.6 is 0 Å². The number of hydrogen-bond donors (Lipinski definition) is 3. The van der Waals surface area contributed by atoms with Crippen LogP contribution in [0.1, 0.15) is 43.0 Å². The smallest absolute Gasteiger partial charge is 0.261 e. The van der Waals surface area contributed by atoms with Crippen molar-refractivity contribution in [3.8, 4) is 0 Å². The number of amides is 2. The van der Waals surface area contributed by atoms with Crippen LogP contribution in [-0.4, -0.2) is 76.1 Å². The van der Waals surface area contributed by atoms with Crippen LogP contribution < -0.4 is 10.9 Å². The molecule has 1 aliphatic carbocycles. The Balaban J connectivity index is 1.47. The number of aromatic amines is 1. The summed E-state index contributed by atoms with van der Waals surface area (Å²) in [5.74, 6) is -0.384. The van der Waals surface area contributed by atoms with E-state index in [0.29, 0.717) is 38.1 Å². The van der Waals surface area contributed by atoms with Gasteiger partial charge in [0, 0.05) is 44.7 Å². The van der Waals surface area contributed by atoms with Crippen molar-refractivity contribution in [1.82, 2.24) is 20.1 Å². The molecule has 166 valence electrons. The average molecular weight is 427 g/mol. The predicted octanol–water partition coefficient (Wildman–Crippen LogP) is 1.09. The number of aliphatic hydroxyl groups excluding tert-OH is 1. The molecule has 0 radical (unpaired) electrons. The highest BCUT2D eigenvalue weighted by atomic mass is 16.3. The van der Waals surface area contributed by atoms with Crippen LogP contribution in [-0.2, 0) is 4.79 Å². The van der Waals surface area contributed by atoms with Gasteiger partial charge in [0.25, 0.3) is 11.5 Å². The summed E-state index contributed by atoms with van der Waals surface area (Å²) in [4.78, 5) is 43.8. The number of aliphatic hydroxyl groups is 1. The molecule has 0 bridgehead atoms. The van der Waals surface area contributed by atoms with Gasteiger partial charge >= 0.3 is 0 Å². The molecule has 1 aliphatic heterocycles. The van der Waals surface area contributed by atoms with Crippen LogP contribution in [0.4, 0.5) is 0 Å². The second kappa shape index (κ2) is 9.20. The summed E-state index contributed by atoms with van der Waals surface area (Å²) in [5, 5.41) is 14.9. The molecule has 31 heavy (non-hydrogen) atoms. The Morgan fingerprint density at radius 2 is 1.81 bits per heavy atom. The van der Waals surface area contributed by atoms with Crippen LogP contribution in [0.25, 0.3) is 10.9 Å². The Morgan fingerprint density at radius 3 is 2.55 bits per heavy atom. The molecule has 1 aromatic carbocycles. The highest BCUT2D eigenvalue weighted by molar-refractivity contribution is 5.97. The summed E-state index contributed by atoms with van der Waals surface area (Å²) in [6.45, 7) is 4.32. The quantitative estimate of drug-likeness (QED) is 0.638. The molecule has 2 aromatic rings. The van der Waals surface area contributed by atoms with Crippen LogP contribution in [0.15, 0.2) is 35.1 Å². The number of nitrogens with one attached hydrogen (secondary N) is 2. The molecule has 1 aromatic heterocycles. The molecule has 8 nitrogen and oxygen atoms in total. The van der Waals surface area contributed by atoms with Crippen molar-refractivity contribution in [2.75, 3.05) is 26.2 Å². The highest BCUT2D eigenvalue weighted by Crippen LogP contribution is 2.24. The van der Waals surface area contributed by atoms with Crippen LogP contribution in [0, 0.1) is 0 Å². The van der Waals surface area contributed by atoms with E-state index in [4.69, 9.17) is 0 Å². The fourth-order valence-electron chi connectivity index (χ4n) is 4.81. The molecule has 3 N–H and O–H groups in total. The summed E-state index contributed by atoms with van der Waals surface area (Å²) in [5.41, 5.74) is 0.307. The lowest BCUT2D eigenvalue weighted by Gasteiger charge is -2.41. The normalized spacial score (nSPS) is 25.2. The molecule has 2 fully saturated rings. The summed E-state index contributed by atoms with van der Waals surface area (Å²) >= 11 is 0. The minimum Gasteiger partial charge on any atom is -0.389 e. The number of carbonyl (C=O) groups is 2. The summed E-state index contributed by atoms with van der Waals surface area (Å²) in [6, 6.07) is 8.44. The maximum atomic E-state index is 12.9. The molecule has 2 aliphatic rings. The Kier molecular flexibility index (Phi) is 6.38. The van der Waals surface area contributed by atoms with Crippen molar-refractivity contribution < 1.29 is 14.7 Å². The third-order valence-corrected chi connectivity index (χ3v) is 6.61. The number of benzene rings is 1. The van der Waals surface area contributed by atoms with Crippen molar-refractivity contribution >= 4 is 22.7 Å². The number of nitrogens with zero attached hydrogens (tertiary/aromatic N) is 2. The minimum atomic E-state index is -0.727. The second-order valence-electron chi connectivity index (χ2n) is 8.56. The lowest BCUT2D eigenvalue weighted by Crippen LogP contribution is -2.58. The van der Waals surface area contributed by atoms with E-state index in [1.165, 1.54) is 0 Å². The van der Waals surface area contributed by atoms with E-state index < -0.39 is 23.6 Å². The van der Waals surface area contributed by atoms with Crippen LogP contribution in [0.3, 0.4) is 0 Å². The molecule has 4 rings (SSSR count). The number of para-hydroxylation sites is 1. The lowest BCUT2D eigenvalue weighted by atomic mass is 9.99. The van der Waals surface area contributed by atoms with Gasteiger partial charge in [-0.25, -0.2) is 0 Å². The van der Waals surface area contributed by atoms with Crippen molar-refractivity contribution in [3.05, 3.63) is 46.2 Å². The monoisotopic (exact) mass is 426 g/mol. The molecule has 3 atom stereocenters. The largest absolute Gasteiger partial charge is 0.389 e. The van der Waals surface area contributed by atoms with E-state index >= 15 is 0 Å². The molecule has 0 spiro atoms. The number of fused-ring (bicyclic) bond motifs is 1. The zero-order valence-corrected chi connectivity index (χ0v) is 17.8. The van der Waals surface area contributed by atoms with Crippen molar-refractivity contribution in [1.29, 1.82) is 0 Å². The number of pyridine rings is 1. The predicted molar refractivity (Wildman–Crippen MR) is 118 cm³/mol. The van der Waals surface area contributed by atoms with Crippen molar-refractivity contribution in [2.45, 2.75) is 50.8 Å². The Labute approximate surface area is 181 Å². The number of piperazine rings is 1. The van der Waals surface area contributed by atoms with Gasteiger partial charge in [-0.2, -0.15) is 0 Å². The first-order valence-corrected chi connectivity index (χ1v) is 11.0. The first-order chi connectivity index (χ1) is 14.9. The molecule has 0 unspecified atom stereocenters. The number of H-pyrrole nitrogens is 1. The molecule has 2 heterocycles. The van der Waals surface area contributed by atoms with Gasteiger partial charge in [0.15, 0.2) is 0 Å². The Hall–Kier alpha value is -2.71. The maximum Gasteiger partial charge on any atom is 0.261 e. The molecule has 8 heteroatoms. The van der Waals surface area contributed by atoms with Crippen LogP contribution in [0.2, 0.25) is 0 Å². The number of rotatable bonds is 3. The van der Waals surface area contributed by atoms with Gasteiger partial charge in [0.2, 0.25) is 5.91 Å². The van der Waals surface area contributed by atoms with E-state index in [9.17, 15) is 19.5 Å². The highest BCUT2D eigenvalue weighted by Gasteiger charge is 2.36. The number of hydrogen-bond acceptors (Lipinski definition) is 5. The second-order valence-corrected chi connectivity index (χ2v) is 8.56. The maximum absolute atomic E-state index is 12.9. The zero-order valence-electron chi connectivity index (χ0n) is 17.8. The van der Waals surface area contributed by atoms with E-state index in [1.54, 1.807) is 19.1 Å². The molecule has 1 saturated carbocycles. The van der Waals surface area contributed by atoms with E-state index in [2.05, 4.69) is 15.2 Å². The first-order valence-electron chi connectivity index (χ1n) is 11.0. The third kappa shape index (κ3) is 4.65. The molecule has 1 saturated heterocycles. The molecular formula is C23H30N4O4. The van der Waals surface area contributed by atoms with Crippen LogP contribution in [0.5, 0.6) is 0 Å². The van der Waals surface area contributed by atoms with E-state index in [1.807, 2.05) is 23.1 Å². The molecular weight excluding hydrogens is 396 g/mol. The Bertz CT molecular complexity index is 1010. The van der Waals surface area contributed by atoms with Gasteiger partial charge in [-0.3, -0.25) is 19.3 Å². The van der Waals surface area contributed by atoms with Crippen molar-refractivity contribution in [2.24, 2.45) is 0 Å². The van der Waals surface area contributed by atoms with E-state index in [0.717, 1.165) is 24.6 Å². The van der Waals surface area contributed by atoms with Gasteiger partial charge in [-0.05, 0) is 30.4 Å². The standard InChI is InChI=1S/C23H30N4O4/c1-15(28)26-10-12-27(13-11-26)20-9-5-4-8-19(21(20)29)25-23(31)17-14-16-6-2-3-7-18(16)24-22(17)30/h2-3,6-7,14,19-21,29H,4-5,8-13H2,1H3,(H,24,30)(H,25,31)/t19-,20-,21-/m1/s1. The van der Waals surface area contributed by atoms with Gasteiger partial charge in [0.05, 0.1) is 12.1 Å². The summed E-state index contributed by atoms with van der Waals surface area (Å²) in [7, 11) is 0. The SMILES string of the molecule is CC(=O)N1CCN([C@@H]2CCCC[C@@H](NC(=O)c3cc4ccccc4[nH]c3=O)[C@H]2O)CC1. The summed E-state index contributed by atoms with van der Waals surface area (Å²) < 4.78 is 0. The van der Waals surface area contributed by atoms with Gasteiger partial charge < -0.3 is 20.3 Å². The number of aromatic nitrogens is 1. The number of carbonyl (C=O) groups excluding carboxylic acids is 2. The average Bonchev–Trinajstić information content (AvgIpc) is 2.94. The van der Waals surface area contributed by atoms with Crippen molar-refractivity contribution in [3.63, 3.8) is 0 Å². The van der Waals surface area contributed by atoms with Gasteiger partial charge in [-0.1, -0.05) is 31.0 Å². The fraction of sp³-hybridized carbons (Fsp3) is 0.522. The summed E-state index contributed by atoms with van der Waals surface area (Å²) in [6.07, 6.45) is 2.67. The minimum absolute atomic E-state index is 0.0572. The lowest BCUT2D eigenvalue weighted by molar-refractivity contribution is -0.131. The third-order valence-electron chi connectivity index (χ3n) is 6.61. The van der Waals surface area contributed by atoms with Gasteiger partial charge in [0.1, 0.15) is 5.56 Å². The first kappa shape index (κ1) is 21.5. The molecule has 2 amide bonds.